The molecule has 1 aromatic carbocycles. The van der Waals surface area contributed by atoms with E-state index in [2.05, 4.69) is 29.6 Å². The zero-order chi connectivity index (χ0) is 20.3. The molecule has 0 aliphatic carbocycles. The number of aromatic nitrogens is 4. The van der Waals surface area contributed by atoms with Gasteiger partial charge in [0.15, 0.2) is 5.82 Å². The molecule has 9 nitrogen and oxygen atoms in total. The Bertz CT molecular complexity index is 1110. The van der Waals surface area contributed by atoms with Crippen LogP contribution in [0.3, 0.4) is 0 Å². The minimum absolute atomic E-state index is 0.0781. The maximum Gasteiger partial charge on any atom is 0.321 e. The fourth-order valence-corrected chi connectivity index (χ4v) is 4.48. The maximum atomic E-state index is 12.9. The van der Waals surface area contributed by atoms with E-state index in [4.69, 9.17) is 4.74 Å². The normalized spacial score (nSPS) is 14.9. The zero-order valence-electron chi connectivity index (χ0n) is 16.1. The molecular weight excluding hydrogens is 392 g/mol. The Morgan fingerprint density at radius 2 is 1.86 bits per heavy atom. The quantitative estimate of drug-likeness (QED) is 0.651. The van der Waals surface area contributed by atoms with Crippen molar-refractivity contribution in [1.82, 2.24) is 24.7 Å². The average Bonchev–Trinajstić information content (AvgIpc) is 2.77. The first-order valence-electron chi connectivity index (χ1n) is 9.44. The third-order valence-corrected chi connectivity index (χ3v) is 6.21. The van der Waals surface area contributed by atoms with E-state index in [0.29, 0.717) is 17.3 Å². The summed E-state index contributed by atoms with van der Waals surface area (Å²) in [6, 6.07) is 8.81. The number of methoxy groups -OCH3 is 1. The van der Waals surface area contributed by atoms with Crippen LogP contribution in [0.15, 0.2) is 41.4 Å². The molecular formula is C19H22N6O3S. The van der Waals surface area contributed by atoms with Crippen molar-refractivity contribution in [1.29, 1.82) is 0 Å². The van der Waals surface area contributed by atoms with Crippen LogP contribution >= 0.6 is 0 Å². The summed E-state index contributed by atoms with van der Waals surface area (Å²) in [4.78, 5) is 19.4. The Hall–Kier alpha value is -2.85. The fourth-order valence-electron chi connectivity index (χ4n) is 3.32. The number of para-hydroxylation sites is 1. The molecule has 10 heteroatoms. The first-order chi connectivity index (χ1) is 14.1. The summed E-state index contributed by atoms with van der Waals surface area (Å²) in [5.74, 6) is 0.812. The van der Waals surface area contributed by atoms with Crippen molar-refractivity contribution < 1.29 is 13.2 Å². The Morgan fingerprint density at radius 1 is 1.07 bits per heavy atom. The van der Waals surface area contributed by atoms with Crippen LogP contribution in [0.1, 0.15) is 25.1 Å². The van der Waals surface area contributed by atoms with E-state index in [-0.39, 0.29) is 17.5 Å². The number of ether oxygens (including phenoxy) is 1. The number of nitrogens with zero attached hydrogens (tertiary/aromatic N) is 5. The molecule has 2 aromatic heterocycles. The Labute approximate surface area is 169 Å². The van der Waals surface area contributed by atoms with Gasteiger partial charge in [0.1, 0.15) is 4.90 Å². The van der Waals surface area contributed by atoms with Gasteiger partial charge in [-0.3, -0.25) is 4.98 Å². The molecule has 29 heavy (non-hydrogen) atoms. The number of piperidine rings is 1. The molecule has 0 atom stereocenters. The lowest BCUT2D eigenvalue weighted by Gasteiger charge is -2.26. The van der Waals surface area contributed by atoms with Crippen LogP contribution < -0.4 is 14.4 Å². The Morgan fingerprint density at radius 3 is 2.66 bits per heavy atom. The fraction of sp³-hybridized carbons (Fsp3) is 0.368. The van der Waals surface area contributed by atoms with Gasteiger partial charge in [0.05, 0.1) is 19.2 Å². The maximum absolute atomic E-state index is 12.9. The molecule has 1 aliphatic heterocycles. The van der Waals surface area contributed by atoms with Gasteiger partial charge in [-0.25, -0.2) is 13.1 Å². The number of nitrogens with one attached hydrogen (secondary N) is 1. The molecule has 0 saturated carbocycles. The highest BCUT2D eigenvalue weighted by molar-refractivity contribution is 7.89. The second kappa shape index (κ2) is 8.26. The van der Waals surface area contributed by atoms with Gasteiger partial charge in [-0.2, -0.15) is 15.0 Å². The number of pyridine rings is 1. The third kappa shape index (κ3) is 4.28. The highest BCUT2D eigenvalue weighted by Crippen LogP contribution is 2.21. The van der Waals surface area contributed by atoms with E-state index < -0.39 is 10.0 Å². The lowest BCUT2D eigenvalue weighted by atomic mass is 10.1. The van der Waals surface area contributed by atoms with Crippen molar-refractivity contribution >= 4 is 26.9 Å². The molecule has 1 fully saturated rings. The highest BCUT2D eigenvalue weighted by Gasteiger charge is 2.20. The molecule has 3 heterocycles. The van der Waals surface area contributed by atoms with Gasteiger partial charge in [0, 0.05) is 24.7 Å². The molecule has 4 rings (SSSR count). The van der Waals surface area contributed by atoms with Crippen molar-refractivity contribution in [2.45, 2.75) is 30.7 Å². The van der Waals surface area contributed by atoms with E-state index in [9.17, 15) is 8.42 Å². The zero-order valence-corrected chi connectivity index (χ0v) is 16.9. The van der Waals surface area contributed by atoms with Crippen LogP contribution in [0.25, 0.3) is 10.9 Å². The van der Waals surface area contributed by atoms with Gasteiger partial charge in [-0.1, -0.05) is 18.2 Å². The summed E-state index contributed by atoms with van der Waals surface area (Å²) in [5, 5.41) is 0.754. The summed E-state index contributed by atoms with van der Waals surface area (Å²) in [7, 11) is -2.33. The third-order valence-electron chi connectivity index (χ3n) is 4.78. The van der Waals surface area contributed by atoms with Crippen LogP contribution in [-0.2, 0) is 16.6 Å². The minimum Gasteiger partial charge on any atom is -0.467 e. The molecule has 3 aromatic rings. The van der Waals surface area contributed by atoms with Gasteiger partial charge < -0.3 is 9.64 Å². The number of anilines is 1. The van der Waals surface area contributed by atoms with Crippen molar-refractivity contribution in [2.75, 3.05) is 25.1 Å². The van der Waals surface area contributed by atoms with E-state index >= 15 is 0 Å². The molecule has 152 valence electrons. The lowest BCUT2D eigenvalue weighted by molar-refractivity contribution is 0.374. The van der Waals surface area contributed by atoms with E-state index in [1.165, 1.54) is 19.6 Å². The first kappa shape index (κ1) is 19.5. The SMILES string of the molecule is COc1nc(CNS(=O)(=O)c2cccc3cccnc23)nc(N2CCCCC2)n1. The van der Waals surface area contributed by atoms with Crippen LogP contribution in [0, 0.1) is 0 Å². The lowest BCUT2D eigenvalue weighted by Crippen LogP contribution is -2.32. The molecule has 0 spiro atoms. The number of benzene rings is 1. The van der Waals surface area contributed by atoms with E-state index in [1.807, 2.05) is 12.1 Å². The van der Waals surface area contributed by atoms with Gasteiger partial charge in [0.2, 0.25) is 16.0 Å². The molecule has 1 saturated heterocycles. The van der Waals surface area contributed by atoms with E-state index in [1.54, 1.807) is 18.3 Å². The topological polar surface area (TPSA) is 110 Å². The second-order valence-electron chi connectivity index (χ2n) is 6.74. The Kier molecular flexibility index (Phi) is 5.54. The molecule has 0 amide bonds. The van der Waals surface area contributed by atoms with Gasteiger partial charge >= 0.3 is 6.01 Å². The summed E-state index contributed by atoms with van der Waals surface area (Å²) in [6.45, 7) is 1.64. The molecule has 0 bridgehead atoms. The molecule has 0 unspecified atom stereocenters. The summed E-state index contributed by atoms with van der Waals surface area (Å²) < 4.78 is 33.5. The van der Waals surface area contributed by atoms with Gasteiger partial charge in [-0.15, -0.1) is 0 Å². The first-order valence-corrected chi connectivity index (χ1v) is 10.9. The number of sulfonamides is 1. The van der Waals surface area contributed by atoms with Crippen molar-refractivity contribution in [3.05, 3.63) is 42.4 Å². The number of rotatable bonds is 6. The van der Waals surface area contributed by atoms with Gasteiger partial charge in [-0.05, 0) is 31.4 Å². The monoisotopic (exact) mass is 414 g/mol. The van der Waals surface area contributed by atoms with Gasteiger partial charge in [0.25, 0.3) is 0 Å². The predicted molar refractivity (Wildman–Crippen MR) is 108 cm³/mol. The largest absolute Gasteiger partial charge is 0.467 e. The molecule has 1 N–H and O–H groups in total. The second-order valence-corrected chi connectivity index (χ2v) is 8.48. The van der Waals surface area contributed by atoms with E-state index in [0.717, 1.165) is 31.3 Å². The van der Waals surface area contributed by atoms with Crippen LogP contribution in [0.5, 0.6) is 6.01 Å². The van der Waals surface area contributed by atoms with Crippen molar-refractivity contribution in [3.63, 3.8) is 0 Å². The smallest absolute Gasteiger partial charge is 0.321 e. The summed E-state index contributed by atoms with van der Waals surface area (Å²) in [5.41, 5.74) is 0.421. The molecule has 1 aliphatic rings. The standard InChI is InChI=1S/C19H22N6O3S/c1-28-19-23-16(22-18(24-19)25-11-3-2-4-12-25)13-21-29(26,27)15-9-5-7-14-8-6-10-20-17(14)15/h5-10,21H,2-4,11-13H2,1H3. The highest BCUT2D eigenvalue weighted by atomic mass is 32.2. The summed E-state index contributed by atoms with van der Waals surface area (Å²) in [6.07, 6.45) is 4.90. The van der Waals surface area contributed by atoms with Crippen LogP contribution in [-0.4, -0.2) is 48.6 Å². The minimum atomic E-state index is -3.81. The predicted octanol–water partition coefficient (Wildman–Crippen LogP) is 1.90. The van der Waals surface area contributed by atoms with Crippen LogP contribution in [0.2, 0.25) is 0 Å². The van der Waals surface area contributed by atoms with Crippen LogP contribution in [0.4, 0.5) is 5.95 Å². The van der Waals surface area contributed by atoms with Crippen molar-refractivity contribution in [3.8, 4) is 6.01 Å². The number of hydrogen-bond donors (Lipinski definition) is 1. The molecule has 0 radical (unpaired) electrons. The number of hydrogen-bond acceptors (Lipinski definition) is 8. The van der Waals surface area contributed by atoms with Crippen molar-refractivity contribution in [2.24, 2.45) is 0 Å². The number of fused-ring (bicyclic) bond motifs is 1. The Balaban J connectivity index is 1.59. The average molecular weight is 414 g/mol. The summed E-state index contributed by atoms with van der Waals surface area (Å²) >= 11 is 0.